The minimum atomic E-state index is -0.805. The first-order valence-corrected chi connectivity index (χ1v) is 6.87. The predicted octanol–water partition coefficient (Wildman–Crippen LogP) is 0.186. The molecule has 0 aromatic heterocycles. The number of esters is 1. The minimum absolute atomic E-state index is 0.0931. The molecule has 0 unspecified atom stereocenters. The lowest BCUT2D eigenvalue weighted by Crippen LogP contribution is -2.45. The Morgan fingerprint density at radius 2 is 2.00 bits per heavy atom. The zero-order valence-corrected chi connectivity index (χ0v) is 11.6. The minimum Gasteiger partial charge on any atom is -0.493 e. The van der Waals surface area contributed by atoms with E-state index in [-0.39, 0.29) is 18.4 Å². The van der Waals surface area contributed by atoms with Crippen molar-refractivity contribution in [2.24, 2.45) is 0 Å². The van der Waals surface area contributed by atoms with Crippen molar-refractivity contribution in [2.45, 2.75) is 31.7 Å². The van der Waals surface area contributed by atoms with Gasteiger partial charge in [0.25, 0.3) is 5.91 Å². The smallest absolute Gasteiger partial charge is 0.377 e. The van der Waals surface area contributed by atoms with Gasteiger partial charge in [0.05, 0.1) is 0 Å². The number of imide groups is 1. The number of nitrogens with one attached hydrogen (secondary N) is 2. The Morgan fingerprint density at radius 1 is 1.24 bits per heavy atom. The van der Waals surface area contributed by atoms with E-state index in [2.05, 4.69) is 10.6 Å². The van der Waals surface area contributed by atoms with Crippen molar-refractivity contribution in [3.8, 4) is 0 Å². The molecule has 1 aliphatic heterocycles. The molecule has 8 heteroatoms. The van der Waals surface area contributed by atoms with Crippen molar-refractivity contribution in [3.05, 3.63) is 12.0 Å². The standard InChI is InChI=1S/C13H18N2O6/c16-11(15-13(18)14-9-3-1-2-4-9)8-21-12(17)10-7-19-5-6-20-10/h7,9H,1-6,8H2,(H2,14,15,16,18). The van der Waals surface area contributed by atoms with Gasteiger partial charge in [-0.05, 0) is 12.8 Å². The number of rotatable bonds is 4. The van der Waals surface area contributed by atoms with Crippen LogP contribution >= 0.6 is 0 Å². The van der Waals surface area contributed by atoms with Crippen molar-refractivity contribution in [2.75, 3.05) is 19.8 Å². The van der Waals surface area contributed by atoms with E-state index in [1.54, 1.807) is 0 Å². The molecule has 0 atom stereocenters. The van der Waals surface area contributed by atoms with Crippen LogP contribution in [0.25, 0.3) is 0 Å². The van der Waals surface area contributed by atoms with Gasteiger partial charge in [0.2, 0.25) is 5.76 Å². The van der Waals surface area contributed by atoms with Crippen LogP contribution in [0.4, 0.5) is 4.79 Å². The zero-order chi connectivity index (χ0) is 15.1. The number of amides is 3. The zero-order valence-electron chi connectivity index (χ0n) is 11.6. The molecule has 2 N–H and O–H groups in total. The molecular weight excluding hydrogens is 280 g/mol. The van der Waals surface area contributed by atoms with Crippen molar-refractivity contribution in [1.82, 2.24) is 10.6 Å². The van der Waals surface area contributed by atoms with Gasteiger partial charge in [-0.2, -0.15) is 0 Å². The van der Waals surface area contributed by atoms with Gasteiger partial charge in [0.15, 0.2) is 6.61 Å². The number of hydrogen-bond donors (Lipinski definition) is 2. The van der Waals surface area contributed by atoms with Crippen LogP contribution < -0.4 is 10.6 Å². The molecule has 1 saturated carbocycles. The van der Waals surface area contributed by atoms with Crippen LogP contribution in [0.1, 0.15) is 25.7 Å². The SMILES string of the molecule is O=C(COC(=O)C1=COCCO1)NC(=O)NC1CCCC1. The number of carbonyl (C=O) groups is 3. The maximum absolute atomic E-state index is 11.5. The fraction of sp³-hybridized carbons (Fsp3) is 0.615. The lowest BCUT2D eigenvalue weighted by molar-refractivity contribution is -0.149. The van der Waals surface area contributed by atoms with E-state index in [9.17, 15) is 14.4 Å². The molecular formula is C13H18N2O6. The monoisotopic (exact) mass is 298 g/mol. The van der Waals surface area contributed by atoms with E-state index in [1.165, 1.54) is 0 Å². The van der Waals surface area contributed by atoms with Gasteiger partial charge in [-0.3, -0.25) is 10.1 Å². The largest absolute Gasteiger partial charge is 0.493 e. The third-order valence-corrected chi connectivity index (χ3v) is 3.13. The van der Waals surface area contributed by atoms with Gasteiger partial charge in [-0.1, -0.05) is 12.8 Å². The van der Waals surface area contributed by atoms with Crippen LogP contribution in [0.15, 0.2) is 12.0 Å². The number of hydrogen-bond acceptors (Lipinski definition) is 6. The van der Waals surface area contributed by atoms with Gasteiger partial charge in [-0.25, -0.2) is 9.59 Å². The fourth-order valence-electron chi connectivity index (χ4n) is 2.13. The van der Waals surface area contributed by atoms with Crippen molar-refractivity contribution >= 4 is 17.9 Å². The summed E-state index contributed by atoms with van der Waals surface area (Å²) in [5, 5.41) is 4.80. The first-order valence-electron chi connectivity index (χ1n) is 6.87. The van der Waals surface area contributed by atoms with Gasteiger partial charge in [-0.15, -0.1) is 0 Å². The van der Waals surface area contributed by atoms with Crippen LogP contribution in [-0.4, -0.2) is 43.8 Å². The summed E-state index contributed by atoms with van der Waals surface area (Å²) in [6, 6.07) is -0.460. The molecule has 2 aliphatic rings. The Hall–Kier alpha value is -2.25. The molecule has 0 aromatic rings. The molecule has 0 bridgehead atoms. The number of ether oxygens (including phenoxy) is 3. The van der Waals surface area contributed by atoms with Crippen LogP contribution in [-0.2, 0) is 23.8 Å². The molecule has 0 aromatic carbocycles. The second-order valence-corrected chi connectivity index (χ2v) is 4.78. The summed E-state index contributed by atoms with van der Waals surface area (Å²) in [5.74, 6) is -1.60. The fourth-order valence-corrected chi connectivity index (χ4v) is 2.13. The van der Waals surface area contributed by atoms with E-state index >= 15 is 0 Å². The summed E-state index contributed by atoms with van der Waals surface area (Å²) in [7, 11) is 0. The molecule has 0 radical (unpaired) electrons. The summed E-state index contributed by atoms with van der Waals surface area (Å²) in [4.78, 5) is 34.5. The second kappa shape index (κ2) is 7.51. The Kier molecular flexibility index (Phi) is 5.42. The van der Waals surface area contributed by atoms with Crippen LogP contribution in [0.3, 0.4) is 0 Å². The molecule has 116 valence electrons. The average Bonchev–Trinajstić information content (AvgIpc) is 2.98. The molecule has 1 aliphatic carbocycles. The van der Waals surface area contributed by atoms with E-state index in [4.69, 9.17) is 14.2 Å². The van der Waals surface area contributed by atoms with Crippen LogP contribution in [0.5, 0.6) is 0 Å². The van der Waals surface area contributed by atoms with Gasteiger partial charge in [0.1, 0.15) is 19.5 Å². The quantitative estimate of drug-likeness (QED) is 0.718. The highest BCUT2D eigenvalue weighted by Gasteiger charge is 2.20. The molecule has 0 saturated heterocycles. The van der Waals surface area contributed by atoms with Gasteiger partial charge in [0, 0.05) is 6.04 Å². The second-order valence-electron chi connectivity index (χ2n) is 4.78. The summed E-state index contributed by atoms with van der Waals surface area (Å²) in [5.41, 5.74) is 0. The maximum Gasteiger partial charge on any atom is 0.377 e. The number of carbonyl (C=O) groups excluding carboxylic acids is 3. The van der Waals surface area contributed by atoms with Crippen molar-refractivity contribution < 1.29 is 28.6 Å². The Labute approximate surface area is 121 Å². The third-order valence-electron chi connectivity index (χ3n) is 3.13. The third kappa shape index (κ3) is 4.97. The molecule has 1 fully saturated rings. The summed E-state index contributed by atoms with van der Waals surface area (Å²) in [6.07, 6.45) is 5.13. The molecule has 21 heavy (non-hydrogen) atoms. The summed E-state index contributed by atoms with van der Waals surface area (Å²) in [6.45, 7) is 0.0488. The first kappa shape index (κ1) is 15.1. The average molecular weight is 298 g/mol. The maximum atomic E-state index is 11.5. The Balaban J connectivity index is 1.65. The molecule has 0 spiro atoms. The Bertz CT molecular complexity index is 442. The van der Waals surface area contributed by atoms with Gasteiger partial charge < -0.3 is 19.5 Å². The van der Waals surface area contributed by atoms with Crippen molar-refractivity contribution in [3.63, 3.8) is 0 Å². The highest BCUT2D eigenvalue weighted by molar-refractivity contribution is 5.96. The van der Waals surface area contributed by atoms with E-state index in [0.717, 1.165) is 31.9 Å². The summed E-state index contributed by atoms with van der Waals surface area (Å²) < 4.78 is 14.6. The van der Waals surface area contributed by atoms with Crippen LogP contribution in [0.2, 0.25) is 0 Å². The van der Waals surface area contributed by atoms with E-state index in [1.807, 2.05) is 0 Å². The highest BCUT2D eigenvalue weighted by Crippen LogP contribution is 2.17. The normalized spacial score (nSPS) is 18.0. The topological polar surface area (TPSA) is 103 Å². The van der Waals surface area contributed by atoms with Crippen molar-refractivity contribution in [1.29, 1.82) is 0 Å². The van der Waals surface area contributed by atoms with Gasteiger partial charge >= 0.3 is 12.0 Å². The predicted molar refractivity (Wildman–Crippen MR) is 69.9 cm³/mol. The summed E-state index contributed by atoms with van der Waals surface area (Å²) >= 11 is 0. The molecule has 8 nitrogen and oxygen atoms in total. The Morgan fingerprint density at radius 3 is 2.67 bits per heavy atom. The van der Waals surface area contributed by atoms with E-state index < -0.39 is 24.5 Å². The highest BCUT2D eigenvalue weighted by atomic mass is 16.6. The molecule has 1 heterocycles. The number of urea groups is 1. The van der Waals surface area contributed by atoms with E-state index in [0.29, 0.717) is 6.61 Å². The molecule has 2 rings (SSSR count). The lowest BCUT2D eigenvalue weighted by Gasteiger charge is -2.14. The lowest BCUT2D eigenvalue weighted by atomic mass is 10.2. The van der Waals surface area contributed by atoms with Crippen LogP contribution in [0, 0.1) is 0 Å². The molecule has 3 amide bonds. The first-order chi connectivity index (χ1) is 10.1.